The molecule has 1 aliphatic rings. The Hall–Kier alpha value is -2.01. The number of rotatable bonds is 5. The Morgan fingerprint density at radius 2 is 1.73 bits per heavy atom. The molecule has 3 rings (SSSR count). The van der Waals surface area contributed by atoms with Gasteiger partial charge < -0.3 is 15.4 Å². The molecule has 1 saturated heterocycles. The maximum atomic E-state index is 13.0. The lowest BCUT2D eigenvalue weighted by atomic mass is 9.67. The van der Waals surface area contributed by atoms with Crippen LogP contribution in [0.5, 0.6) is 5.75 Å². The predicted molar refractivity (Wildman–Crippen MR) is 108 cm³/mol. The first kappa shape index (κ1) is 22.7. The second-order valence-electron chi connectivity index (χ2n) is 6.99. The molecule has 0 spiro atoms. The maximum absolute atomic E-state index is 13.0. The number of nitrogens with two attached hydrogens (primary N) is 1. The number of hydrogen-bond acceptors (Lipinski definition) is 5. The normalized spacial score (nSPS) is 16.9. The van der Waals surface area contributed by atoms with Crippen LogP contribution in [0.25, 0.3) is 0 Å². The molecule has 0 radical (unpaired) electrons. The van der Waals surface area contributed by atoms with E-state index in [1.807, 2.05) is 0 Å². The number of anilines is 1. The van der Waals surface area contributed by atoms with Gasteiger partial charge in [-0.15, -0.1) is 13.2 Å². The van der Waals surface area contributed by atoms with Crippen LogP contribution in [0, 0.1) is 0 Å². The topological polar surface area (TPSA) is 93.4 Å². The molecule has 1 fully saturated rings. The summed E-state index contributed by atoms with van der Waals surface area (Å²) in [7, 11) is -2.85. The highest BCUT2D eigenvalue weighted by molar-refractivity contribution is 7.89. The Labute approximate surface area is 177 Å². The fraction of sp³-hybridized carbons (Fsp3) is 0.368. The van der Waals surface area contributed by atoms with E-state index in [2.05, 4.69) is 15.4 Å². The summed E-state index contributed by atoms with van der Waals surface area (Å²) < 4.78 is 68.1. The van der Waals surface area contributed by atoms with E-state index in [0.717, 1.165) is 17.7 Å². The van der Waals surface area contributed by atoms with Crippen molar-refractivity contribution in [1.82, 2.24) is 5.32 Å². The quantitative estimate of drug-likeness (QED) is 0.630. The van der Waals surface area contributed by atoms with E-state index in [0.29, 0.717) is 31.0 Å². The molecule has 0 amide bonds. The Bertz CT molecular complexity index is 1020. The monoisotopic (exact) mass is 463 g/mol. The first-order valence-electron chi connectivity index (χ1n) is 9.08. The van der Waals surface area contributed by atoms with E-state index >= 15 is 0 Å². The van der Waals surface area contributed by atoms with E-state index in [4.69, 9.17) is 16.7 Å². The Kier molecular flexibility index (Phi) is 6.24. The van der Waals surface area contributed by atoms with Crippen molar-refractivity contribution in [3.8, 4) is 5.75 Å². The molecule has 0 atom stereocenters. The number of alkyl halides is 3. The lowest BCUT2D eigenvalue weighted by Crippen LogP contribution is -2.42. The number of hydrogen-bond donors (Lipinski definition) is 3. The van der Waals surface area contributed by atoms with E-state index in [-0.39, 0.29) is 16.1 Å². The summed E-state index contributed by atoms with van der Waals surface area (Å²) in [5.41, 5.74) is -0.131. The van der Waals surface area contributed by atoms with Crippen molar-refractivity contribution in [2.24, 2.45) is 5.14 Å². The van der Waals surface area contributed by atoms with Gasteiger partial charge in [0, 0.05) is 23.0 Å². The molecule has 0 saturated carbocycles. The van der Waals surface area contributed by atoms with Crippen molar-refractivity contribution >= 4 is 27.3 Å². The van der Waals surface area contributed by atoms with Crippen LogP contribution in [0.3, 0.4) is 0 Å². The molecule has 6 nitrogen and oxygen atoms in total. The summed E-state index contributed by atoms with van der Waals surface area (Å²) in [6, 6.07) is 8.83. The minimum Gasteiger partial charge on any atom is -0.404 e. The van der Waals surface area contributed by atoms with E-state index in [9.17, 15) is 21.6 Å². The van der Waals surface area contributed by atoms with Gasteiger partial charge in [0.1, 0.15) is 0 Å². The van der Waals surface area contributed by atoms with Gasteiger partial charge >= 0.3 is 6.36 Å². The highest BCUT2D eigenvalue weighted by Gasteiger charge is 2.43. The van der Waals surface area contributed by atoms with Crippen LogP contribution < -0.4 is 20.5 Å². The largest absolute Gasteiger partial charge is 0.573 e. The molecule has 0 bridgehead atoms. The number of sulfonamides is 1. The number of halogens is 4. The molecule has 30 heavy (non-hydrogen) atoms. The molecule has 1 aliphatic heterocycles. The summed E-state index contributed by atoms with van der Waals surface area (Å²) in [5, 5.41) is 11.9. The van der Waals surface area contributed by atoms with Gasteiger partial charge in [0.2, 0.25) is 10.0 Å². The lowest BCUT2D eigenvalue weighted by molar-refractivity contribution is -0.274. The van der Waals surface area contributed by atoms with Crippen molar-refractivity contribution in [3.05, 3.63) is 52.5 Å². The number of piperidine rings is 1. The van der Waals surface area contributed by atoms with Crippen LogP contribution in [-0.2, 0) is 15.4 Å². The van der Waals surface area contributed by atoms with Crippen LogP contribution in [0.4, 0.5) is 18.9 Å². The van der Waals surface area contributed by atoms with Crippen LogP contribution in [-0.4, -0.2) is 34.9 Å². The van der Waals surface area contributed by atoms with Crippen molar-refractivity contribution < 1.29 is 26.3 Å². The molecule has 11 heteroatoms. The fourth-order valence-corrected chi connectivity index (χ4v) is 5.01. The standard InChI is InChI=1S/C19H21ClF3N3O3S/c1-25-17-14(29-19(21,22)23)6-7-15(30(24,27)28)16(17)18(8-10-26-11-9-18)12-2-4-13(20)5-3-12/h2-7,25-26H,8-11H2,1H3,(H2,24,27,28). The molecule has 0 unspecified atom stereocenters. The molecule has 2 aromatic rings. The zero-order valence-corrected chi connectivity index (χ0v) is 17.6. The van der Waals surface area contributed by atoms with Crippen molar-refractivity contribution in [1.29, 1.82) is 0 Å². The average Bonchev–Trinajstić information content (AvgIpc) is 2.66. The molecule has 0 aromatic heterocycles. The van der Waals surface area contributed by atoms with Crippen LogP contribution >= 0.6 is 11.6 Å². The Balaban J connectivity index is 2.38. The maximum Gasteiger partial charge on any atom is 0.573 e. The smallest absolute Gasteiger partial charge is 0.404 e. The van der Waals surface area contributed by atoms with Gasteiger partial charge in [-0.2, -0.15) is 0 Å². The van der Waals surface area contributed by atoms with Gasteiger partial charge in [0.25, 0.3) is 0 Å². The van der Waals surface area contributed by atoms with E-state index < -0.39 is 27.6 Å². The number of primary sulfonamides is 1. The van der Waals surface area contributed by atoms with E-state index in [1.54, 1.807) is 24.3 Å². The lowest BCUT2D eigenvalue weighted by Gasteiger charge is -2.41. The minimum atomic E-state index is -4.95. The summed E-state index contributed by atoms with van der Waals surface area (Å²) >= 11 is 6.02. The fourth-order valence-electron chi connectivity index (χ4n) is 4.04. The van der Waals surface area contributed by atoms with Gasteiger partial charge in [-0.3, -0.25) is 0 Å². The van der Waals surface area contributed by atoms with Gasteiger partial charge in [-0.25, -0.2) is 13.6 Å². The molecule has 2 aromatic carbocycles. The van der Waals surface area contributed by atoms with Crippen molar-refractivity contribution in [2.75, 3.05) is 25.5 Å². The molecule has 1 heterocycles. The van der Waals surface area contributed by atoms with Gasteiger partial charge in [-0.1, -0.05) is 23.7 Å². The molecule has 4 N–H and O–H groups in total. The molecule has 164 valence electrons. The van der Waals surface area contributed by atoms with Gasteiger partial charge in [0.15, 0.2) is 5.75 Å². The third-order valence-corrected chi connectivity index (χ3v) is 6.45. The third-order valence-electron chi connectivity index (χ3n) is 5.24. The van der Waals surface area contributed by atoms with Crippen LogP contribution in [0.15, 0.2) is 41.3 Å². The van der Waals surface area contributed by atoms with Crippen LogP contribution in [0.1, 0.15) is 24.0 Å². The number of benzene rings is 2. The molecular weight excluding hydrogens is 443 g/mol. The zero-order valence-electron chi connectivity index (χ0n) is 16.0. The van der Waals surface area contributed by atoms with Gasteiger partial charge in [-0.05, 0) is 55.8 Å². The Morgan fingerprint density at radius 3 is 2.23 bits per heavy atom. The SMILES string of the molecule is CNc1c(OC(F)(F)F)ccc(S(N)(=O)=O)c1C1(c2ccc(Cl)cc2)CCNCC1. The summed E-state index contributed by atoms with van der Waals surface area (Å²) in [5.74, 6) is -0.528. The number of ether oxygens (including phenoxy) is 1. The Morgan fingerprint density at radius 1 is 1.13 bits per heavy atom. The first-order chi connectivity index (χ1) is 14.0. The summed E-state index contributed by atoms with van der Waals surface area (Å²) in [4.78, 5) is -0.252. The summed E-state index contributed by atoms with van der Waals surface area (Å²) in [6.45, 7) is 1.06. The molecular formula is C19H21ClF3N3O3S. The average molecular weight is 464 g/mol. The second kappa shape index (κ2) is 8.26. The minimum absolute atomic E-state index is 0.0734. The number of nitrogens with one attached hydrogen (secondary N) is 2. The highest BCUT2D eigenvalue weighted by Crippen LogP contribution is 2.49. The zero-order chi connectivity index (χ0) is 22.2. The molecule has 0 aliphatic carbocycles. The van der Waals surface area contributed by atoms with Crippen molar-refractivity contribution in [2.45, 2.75) is 29.5 Å². The third kappa shape index (κ3) is 4.51. The van der Waals surface area contributed by atoms with E-state index in [1.165, 1.54) is 7.05 Å². The van der Waals surface area contributed by atoms with Crippen molar-refractivity contribution in [3.63, 3.8) is 0 Å². The summed E-state index contributed by atoms with van der Waals surface area (Å²) in [6.07, 6.45) is -4.09. The predicted octanol–water partition coefficient (Wildman–Crippen LogP) is 3.60. The van der Waals surface area contributed by atoms with Gasteiger partial charge in [0.05, 0.1) is 10.6 Å². The first-order valence-corrected chi connectivity index (χ1v) is 11.0. The second-order valence-corrected chi connectivity index (χ2v) is 8.96. The van der Waals surface area contributed by atoms with Crippen LogP contribution in [0.2, 0.25) is 5.02 Å². The highest BCUT2D eigenvalue weighted by atomic mass is 35.5.